The van der Waals surface area contributed by atoms with Crippen molar-refractivity contribution in [2.45, 2.75) is 50.0 Å². The number of rotatable bonds is 2. The third kappa shape index (κ3) is 2.17. The molecule has 2 aliphatic carbocycles. The molecule has 3 saturated heterocycles. The molecule has 6 rings (SSSR count). The standard InChI is InChI=1S/C23H32N2O2/c1-24-8-7-23-6-4-3-5-17(23)19(24)9-16-10-20(21(26-2)11-18(16)23)25-12-22(13-25)14-27-15-22/h10-11,17,19H,3-9,12-15H2,1-2H3/t17-,19+,23+/m1/s1. The number of ether oxygens (including phenoxy) is 2. The average molecular weight is 369 g/mol. The van der Waals surface area contributed by atoms with Gasteiger partial charge in [-0.1, -0.05) is 12.8 Å². The second-order valence-electron chi connectivity index (χ2n) is 10.0. The highest BCUT2D eigenvalue weighted by molar-refractivity contribution is 5.66. The highest BCUT2D eigenvalue weighted by atomic mass is 16.5. The van der Waals surface area contributed by atoms with Crippen molar-refractivity contribution >= 4 is 5.69 Å². The van der Waals surface area contributed by atoms with Crippen molar-refractivity contribution in [2.75, 3.05) is 51.9 Å². The van der Waals surface area contributed by atoms with Crippen LogP contribution in [0.2, 0.25) is 0 Å². The summed E-state index contributed by atoms with van der Waals surface area (Å²) in [6.45, 7) is 5.38. The molecule has 3 atom stereocenters. The number of fused-ring (bicyclic) bond motifs is 1. The van der Waals surface area contributed by atoms with Crippen molar-refractivity contribution in [1.82, 2.24) is 4.90 Å². The molecule has 4 fully saturated rings. The van der Waals surface area contributed by atoms with Crippen LogP contribution in [0.1, 0.15) is 43.2 Å². The Morgan fingerprint density at radius 1 is 1.15 bits per heavy atom. The van der Waals surface area contributed by atoms with Crippen molar-refractivity contribution in [2.24, 2.45) is 11.3 Å². The van der Waals surface area contributed by atoms with Gasteiger partial charge in [-0.2, -0.15) is 0 Å². The molecule has 3 aliphatic heterocycles. The normalized spacial score (nSPS) is 36.4. The molecule has 1 aromatic carbocycles. The summed E-state index contributed by atoms with van der Waals surface area (Å²) in [5, 5.41) is 0. The number of piperidine rings is 1. The van der Waals surface area contributed by atoms with Crippen molar-refractivity contribution in [1.29, 1.82) is 0 Å². The first-order valence-electron chi connectivity index (χ1n) is 10.9. The largest absolute Gasteiger partial charge is 0.495 e. The summed E-state index contributed by atoms with van der Waals surface area (Å²) >= 11 is 0. The lowest BCUT2D eigenvalue weighted by Gasteiger charge is -2.59. The third-order valence-corrected chi connectivity index (χ3v) is 8.62. The van der Waals surface area contributed by atoms with E-state index in [4.69, 9.17) is 9.47 Å². The third-order valence-electron chi connectivity index (χ3n) is 8.62. The van der Waals surface area contributed by atoms with Gasteiger partial charge in [0.2, 0.25) is 0 Å². The van der Waals surface area contributed by atoms with E-state index in [0.29, 0.717) is 10.8 Å². The number of anilines is 1. The molecule has 2 bridgehead atoms. The molecule has 146 valence electrons. The van der Waals surface area contributed by atoms with Gasteiger partial charge in [0.15, 0.2) is 0 Å². The fourth-order valence-corrected chi connectivity index (χ4v) is 7.14. The molecule has 3 heterocycles. The molecular formula is C23H32N2O2. The number of hydrogen-bond acceptors (Lipinski definition) is 4. The molecule has 0 N–H and O–H groups in total. The Bertz CT molecular complexity index is 766. The predicted molar refractivity (Wildman–Crippen MR) is 107 cm³/mol. The van der Waals surface area contributed by atoms with Gasteiger partial charge in [0.1, 0.15) is 5.75 Å². The predicted octanol–water partition coefficient (Wildman–Crippen LogP) is 3.22. The van der Waals surface area contributed by atoms with Crippen LogP contribution in [-0.4, -0.2) is 57.9 Å². The summed E-state index contributed by atoms with van der Waals surface area (Å²) in [4.78, 5) is 5.18. The minimum atomic E-state index is 0.410. The van der Waals surface area contributed by atoms with E-state index in [1.165, 1.54) is 50.8 Å². The molecule has 0 aromatic heterocycles. The summed E-state index contributed by atoms with van der Waals surface area (Å²) in [7, 11) is 4.21. The van der Waals surface area contributed by atoms with Crippen LogP contribution < -0.4 is 9.64 Å². The SMILES string of the molecule is COc1cc2c(cc1N1CC3(COC3)C1)C[C@H]1[C@H]3CCCC[C@@]23CCN1C. The Kier molecular flexibility index (Phi) is 3.48. The van der Waals surface area contributed by atoms with Crippen LogP contribution in [0.25, 0.3) is 0 Å². The van der Waals surface area contributed by atoms with E-state index in [9.17, 15) is 0 Å². The minimum absolute atomic E-state index is 0.410. The van der Waals surface area contributed by atoms with Gasteiger partial charge in [-0.3, -0.25) is 0 Å². The van der Waals surface area contributed by atoms with E-state index in [-0.39, 0.29) is 0 Å². The summed E-state index contributed by atoms with van der Waals surface area (Å²) in [6.07, 6.45) is 8.14. The monoisotopic (exact) mass is 368 g/mol. The van der Waals surface area contributed by atoms with E-state index in [1.807, 2.05) is 7.11 Å². The number of methoxy groups -OCH3 is 1. The minimum Gasteiger partial charge on any atom is -0.495 e. The van der Waals surface area contributed by atoms with Gasteiger partial charge in [-0.15, -0.1) is 0 Å². The first kappa shape index (κ1) is 16.7. The fourth-order valence-electron chi connectivity index (χ4n) is 7.14. The van der Waals surface area contributed by atoms with Crippen molar-refractivity contribution in [3.05, 3.63) is 23.3 Å². The fraction of sp³-hybridized carbons (Fsp3) is 0.739. The first-order valence-corrected chi connectivity index (χ1v) is 10.9. The van der Waals surface area contributed by atoms with Gasteiger partial charge in [-0.05, 0) is 68.5 Å². The van der Waals surface area contributed by atoms with E-state index in [1.54, 1.807) is 11.1 Å². The molecule has 5 aliphatic rings. The van der Waals surface area contributed by atoms with E-state index >= 15 is 0 Å². The zero-order valence-electron chi connectivity index (χ0n) is 16.8. The molecule has 1 aromatic rings. The number of hydrogen-bond donors (Lipinski definition) is 0. The van der Waals surface area contributed by atoms with Gasteiger partial charge in [0.25, 0.3) is 0 Å². The molecule has 27 heavy (non-hydrogen) atoms. The lowest BCUT2D eigenvalue weighted by Crippen LogP contribution is -2.66. The lowest BCUT2D eigenvalue weighted by molar-refractivity contribution is -0.127. The summed E-state index contributed by atoms with van der Waals surface area (Å²) in [5.74, 6) is 1.94. The van der Waals surface area contributed by atoms with E-state index in [0.717, 1.165) is 44.0 Å². The molecule has 1 spiro atoms. The molecular weight excluding hydrogens is 336 g/mol. The molecule has 4 nitrogen and oxygen atoms in total. The molecule has 0 radical (unpaired) electrons. The average Bonchev–Trinajstić information content (AvgIpc) is 2.62. The van der Waals surface area contributed by atoms with Crippen LogP contribution in [-0.2, 0) is 16.6 Å². The Morgan fingerprint density at radius 3 is 2.74 bits per heavy atom. The van der Waals surface area contributed by atoms with Crippen LogP contribution in [0, 0.1) is 11.3 Å². The molecule has 0 unspecified atom stereocenters. The summed E-state index contributed by atoms with van der Waals surface area (Å²) < 4.78 is 11.4. The van der Waals surface area contributed by atoms with Crippen LogP contribution in [0.4, 0.5) is 5.69 Å². The Hall–Kier alpha value is -1.26. The molecule has 0 amide bonds. The number of likely N-dealkylation sites (N-methyl/N-ethyl adjacent to an activating group) is 1. The van der Waals surface area contributed by atoms with Crippen molar-refractivity contribution in [3.8, 4) is 5.75 Å². The quantitative estimate of drug-likeness (QED) is 0.800. The van der Waals surface area contributed by atoms with Crippen molar-refractivity contribution < 1.29 is 9.47 Å². The smallest absolute Gasteiger partial charge is 0.142 e. The van der Waals surface area contributed by atoms with Gasteiger partial charge in [0, 0.05) is 24.5 Å². The Labute approximate surface area is 162 Å². The van der Waals surface area contributed by atoms with Gasteiger partial charge >= 0.3 is 0 Å². The van der Waals surface area contributed by atoms with E-state index < -0.39 is 0 Å². The maximum absolute atomic E-state index is 5.94. The zero-order valence-corrected chi connectivity index (χ0v) is 16.8. The van der Waals surface area contributed by atoms with Gasteiger partial charge in [0.05, 0.1) is 31.4 Å². The topological polar surface area (TPSA) is 24.9 Å². The number of nitrogens with zero attached hydrogens (tertiary/aromatic N) is 2. The highest BCUT2D eigenvalue weighted by Crippen LogP contribution is 2.57. The van der Waals surface area contributed by atoms with Gasteiger partial charge < -0.3 is 19.3 Å². The Morgan fingerprint density at radius 2 is 2.00 bits per heavy atom. The second-order valence-corrected chi connectivity index (χ2v) is 10.0. The Balaban J connectivity index is 1.42. The van der Waals surface area contributed by atoms with Crippen LogP contribution in [0.5, 0.6) is 5.75 Å². The van der Waals surface area contributed by atoms with E-state index in [2.05, 4.69) is 29.0 Å². The molecule has 4 heteroatoms. The molecule has 1 saturated carbocycles. The van der Waals surface area contributed by atoms with Crippen LogP contribution in [0.15, 0.2) is 12.1 Å². The highest BCUT2D eigenvalue weighted by Gasteiger charge is 2.54. The summed E-state index contributed by atoms with van der Waals surface area (Å²) in [6, 6.07) is 5.68. The number of likely N-dealkylation sites (tertiary alicyclic amines) is 1. The second kappa shape index (κ2) is 5.64. The van der Waals surface area contributed by atoms with Crippen LogP contribution >= 0.6 is 0 Å². The van der Waals surface area contributed by atoms with Gasteiger partial charge in [-0.25, -0.2) is 0 Å². The number of benzene rings is 1. The first-order chi connectivity index (χ1) is 13.1. The maximum atomic E-state index is 5.94. The maximum Gasteiger partial charge on any atom is 0.142 e. The summed E-state index contributed by atoms with van der Waals surface area (Å²) in [5.41, 5.74) is 5.41. The van der Waals surface area contributed by atoms with Crippen LogP contribution in [0.3, 0.4) is 0 Å². The van der Waals surface area contributed by atoms with Crippen molar-refractivity contribution in [3.63, 3.8) is 0 Å². The lowest BCUT2D eigenvalue weighted by atomic mass is 9.52. The zero-order chi connectivity index (χ0) is 18.2.